The molecule has 0 radical (unpaired) electrons. The molecule has 0 spiro atoms. The number of aromatic nitrogens is 3. The molecule has 2 fully saturated rings. The number of hydrogen-bond donors (Lipinski definition) is 1. The van der Waals surface area contributed by atoms with Crippen LogP contribution in [0.2, 0.25) is 0 Å². The van der Waals surface area contributed by atoms with Gasteiger partial charge in [0.15, 0.2) is 5.43 Å². The van der Waals surface area contributed by atoms with Gasteiger partial charge >= 0.3 is 0 Å². The number of fused-ring (bicyclic) bond motifs is 2. The summed E-state index contributed by atoms with van der Waals surface area (Å²) in [6.07, 6.45) is 7.75. The lowest BCUT2D eigenvalue weighted by Crippen LogP contribution is -2.43. The van der Waals surface area contributed by atoms with E-state index in [4.69, 9.17) is 9.51 Å². The lowest BCUT2D eigenvalue weighted by Gasteiger charge is -2.35. The van der Waals surface area contributed by atoms with Crippen molar-refractivity contribution < 1.29 is 4.52 Å². The summed E-state index contributed by atoms with van der Waals surface area (Å²) in [4.78, 5) is 17.4. The second-order valence-corrected chi connectivity index (χ2v) is 7.81. The largest absolute Gasteiger partial charge is 0.348 e. The van der Waals surface area contributed by atoms with E-state index in [1.807, 2.05) is 6.92 Å². The Hall–Kier alpha value is -1.95. The van der Waals surface area contributed by atoms with E-state index >= 15 is 0 Å². The molecule has 2 aromatic heterocycles. The molecule has 6 heteroatoms. The topological polar surface area (TPSA) is 73.0 Å². The molecule has 0 bridgehead atoms. The monoisotopic (exact) mass is 340 g/mol. The summed E-state index contributed by atoms with van der Waals surface area (Å²) in [5.74, 6) is 1.21. The molecule has 0 aromatic carbocycles. The Morgan fingerprint density at radius 3 is 3.16 bits per heavy atom. The molecule has 2 aliphatic heterocycles. The Morgan fingerprint density at radius 1 is 1.32 bits per heavy atom. The third-order valence-electron chi connectivity index (χ3n) is 6.49. The van der Waals surface area contributed by atoms with Crippen LogP contribution in [0.3, 0.4) is 0 Å². The van der Waals surface area contributed by atoms with Crippen LogP contribution in [0.1, 0.15) is 55.8 Å². The van der Waals surface area contributed by atoms with E-state index in [1.54, 1.807) is 6.07 Å². The molecular formula is C19H24N4O2. The van der Waals surface area contributed by atoms with Crippen LogP contribution in [0, 0.1) is 6.92 Å². The summed E-state index contributed by atoms with van der Waals surface area (Å²) in [7, 11) is 0. The van der Waals surface area contributed by atoms with Gasteiger partial charge in [0.1, 0.15) is 0 Å². The van der Waals surface area contributed by atoms with Crippen LogP contribution >= 0.6 is 0 Å². The van der Waals surface area contributed by atoms with Crippen molar-refractivity contribution in [2.45, 2.75) is 69.9 Å². The van der Waals surface area contributed by atoms with Crippen molar-refractivity contribution in [3.05, 3.63) is 33.6 Å². The normalized spacial score (nSPS) is 28.1. The van der Waals surface area contributed by atoms with Crippen molar-refractivity contribution in [3.8, 4) is 11.4 Å². The minimum atomic E-state index is -0.0342. The molecule has 5 rings (SSSR count). The van der Waals surface area contributed by atoms with Gasteiger partial charge in [-0.25, -0.2) is 0 Å². The smallest absolute Gasteiger partial charge is 0.234 e. The van der Waals surface area contributed by atoms with E-state index in [-0.39, 0.29) is 10.8 Å². The van der Waals surface area contributed by atoms with Crippen molar-refractivity contribution in [2.75, 3.05) is 6.54 Å². The highest BCUT2D eigenvalue weighted by Gasteiger charge is 2.49. The molecule has 1 aliphatic carbocycles. The van der Waals surface area contributed by atoms with Crippen LogP contribution < -0.4 is 10.7 Å². The van der Waals surface area contributed by atoms with Crippen molar-refractivity contribution in [2.24, 2.45) is 0 Å². The fourth-order valence-electron chi connectivity index (χ4n) is 5.24. The van der Waals surface area contributed by atoms with Crippen LogP contribution in [0.25, 0.3) is 11.4 Å². The molecule has 6 nitrogen and oxygen atoms in total. The van der Waals surface area contributed by atoms with Gasteiger partial charge in [0.05, 0.1) is 11.0 Å². The third kappa shape index (κ3) is 2.16. The average Bonchev–Trinajstić information content (AvgIpc) is 3.34. The van der Waals surface area contributed by atoms with Crippen LogP contribution in [-0.4, -0.2) is 27.3 Å². The van der Waals surface area contributed by atoms with Crippen LogP contribution in [-0.2, 0) is 18.4 Å². The predicted octanol–water partition coefficient (Wildman–Crippen LogP) is 2.33. The summed E-state index contributed by atoms with van der Waals surface area (Å²) < 4.78 is 7.99. The minimum Gasteiger partial charge on any atom is -0.348 e. The first-order valence-electron chi connectivity index (χ1n) is 9.50. The van der Waals surface area contributed by atoms with Crippen LogP contribution in [0.4, 0.5) is 0 Å². The second-order valence-electron chi connectivity index (χ2n) is 7.81. The lowest BCUT2D eigenvalue weighted by atomic mass is 9.70. The van der Waals surface area contributed by atoms with Gasteiger partial charge in [0.2, 0.25) is 11.7 Å². The number of aryl methyl sites for hydroxylation is 1. The average molecular weight is 340 g/mol. The van der Waals surface area contributed by atoms with E-state index < -0.39 is 0 Å². The number of pyridine rings is 1. The van der Waals surface area contributed by atoms with Gasteiger partial charge in [-0.2, -0.15) is 4.98 Å². The number of hydrogen-bond acceptors (Lipinski definition) is 5. The number of nitrogens with one attached hydrogen (secondary N) is 1. The molecule has 3 aliphatic rings. The van der Waals surface area contributed by atoms with Gasteiger partial charge in [-0.05, 0) is 45.6 Å². The van der Waals surface area contributed by atoms with E-state index in [2.05, 4.69) is 15.0 Å². The summed E-state index contributed by atoms with van der Waals surface area (Å²) in [6, 6.07) is 2.14. The van der Waals surface area contributed by atoms with Gasteiger partial charge in [0, 0.05) is 30.0 Å². The van der Waals surface area contributed by atoms with E-state index in [1.165, 1.54) is 19.3 Å². The highest BCUT2D eigenvalue weighted by molar-refractivity contribution is 5.59. The Morgan fingerprint density at radius 2 is 2.24 bits per heavy atom. The number of rotatable bonds is 2. The maximum absolute atomic E-state index is 12.7. The Labute approximate surface area is 146 Å². The summed E-state index contributed by atoms with van der Waals surface area (Å²) >= 11 is 0. The molecule has 0 amide bonds. The molecule has 1 N–H and O–H groups in total. The molecule has 0 unspecified atom stereocenters. The van der Waals surface area contributed by atoms with Crippen molar-refractivity contribution in [1.82, 2.24) is 20.0 Å². The standard InChI is InChI=1S/C19H24N4O2/c1-12-11-14(24)16(13-5-4-10-23(12)13)17-21-18(25-22-17)19-7-3-2-6-15(19)20-9-8-19/h11,15,20H,2-10H2,1H3/t15-,19+/m0/s1. The first kappa shape index (κ1) is 15.3. The summed E-state index contributed by atoms with van der Waals surface area (Å²) in [6.45, 7) is 3.97. The lowest BCUT2D eigenvalue weighted by molar-refractivity contribution is 0.199. The Bertz CT molecular complexity index is 884. The van der Waals surface area contributed by atoms with Crippen LogP contribution in [0.15, 0.2) is 15.4 Å². The van der Waals surface area contributed by atoms with Gasteiger partial charge in [0.25, 0.3) is 0 Å². The zero-order valence-electron chi connectivity index (χ0n) is 14.7. The van der Waals surface area contributed by atoms with Gasteiger partial charge in [-0.15, -0.1) is 0 Å². The first-order chi connectivity index (χ1) is 12.2. The SMILES string of the molecule is Cc1cc(=O)c(-c2noc([C@@]34CCCC[C@@H]3NCC4)n2)c2n1CCC2. The molecule has 25 heavy (non-hydrogen) atoms. The van der Waals surface area contributed by atoms with Crippen molar-refractivity contribution in [3.63, 3.8) is 0 Å². The third-order valence-corrected chi connectivity index (χ3v) is 6.49. The van der Waals surface area contributed by atoms with Gasteiger partial charge < -0.3 is 14.4 Å². The Balaban J connectivity index is 1.61. The fourth-order valence-corrected chi connectivity index (χ4v) is 5.24. The Kier molecular flexibility index (Phi) is 3.39. The van der Waals surface area contributed by atoms with Crippen molar-refractivity contribution >= 4 is 0 Å². The maximum Gasteiger partial charge on any atom is 0.234 e. The molecule has 132 valence electrons. The fraction of sp³-hybridized carbons (Fsp3) is 0.632. The quantitative estimate of drug-likeness (QED) is 0.908. The molecule has 2 atom stereocenters. The molecule has 4 heterocycles. The zero-order chi connectivity index (χ0) is 17.0. The van der Waals surface area contributed by atoms with E-state index in [0.29, 0.717) is 17.4 Å². The van der Waals surface area contributed by atoms with Crippen molar-refractivity contribution in [1.29, 1.82) is 0 Å². The highest BCUT2D eigenvalue weighted by atomic mass is 16.5. The second kappa shape index (κ2) is 5.53. The molecule has 2 aromatic rings. The molecule has 1 saturated carbocycles. The van der Waals surface area contributed by atoms with E-state index in [9.17, 15) is 4.79 Å². The molecular weight excluding hydrogens is 316 g/mol. The maximum atomic E-state index is 12.7. The highest BCUT2D eigenvalue weighted by Crippen LogP contribution is 2.44. The molecule has 1 saturated heterocycles. The number of nitrogens with zero attached hydrogens (tertiary/aromatic N) is 3. The van der Waals surface area contributed by atoms with E-state index in [0.717, 1.165) is 56.1 Å². The summed E-state index contributed by atoms with van der Waals surface area (Å²) in [5.41, 5.74) is 2.72. The zero-order valence-corrected chi connectivity index (χ0v) is 14.7. The summed E-state index contributed by atoms with van der Waals surface area (Å²) in [5, 5.41) is 7.87. The first-order valence-corrected chi connectivity index (χ1v) is 9.50. The van der Waals surface area contributed by atoms with Gasteiger partial charge in [-0.3, -0.25) is 4.79 Å². The van der Waals surface area contributed by atoms with Crippen LogP contribution in [0.5, 0.6) is 0 Å². The van der Waals surface area contributed by atoms with Gasteiger partial charge in [-0.1, -0.05) is 18.0 Å². The predicted molar refractivity (Wildman–Crippen MR) is 93.6 cm³/mol. The minimum absolute atomic E-state index is 0.0141.